The van der Waals surface area contributed by atoms with Crippen molar-refractivity contribution in [2.75, 3.05) is 0 Å². The van der Waals surface area contributed by atoms with Crippen LogP contribution >= 0.6 is 0 Å². The maximum atomic E-state index is 10.6. The molecule has 0 aromatic heterocycles. The van der Waals surface area contributed by atoms with Gasteiger partial charge in [0.2, 0.25) is 0 Å². The van der Waals surface area contributed by atoms with E-state index in [0.29, 0.717) is 0 Å². The van der Waals surface area contributed by atoms with Gasteiger partial charge in [0.05, 0.1) is 18.2 Å². The van der Waals surface area contributed by atoms with Gasteiger partial charge in [-0.15, -0.1) is 0 Å². The molecule has 1 aliphatic rings. The Morgan fingerprint density at radius 2 is 1.84 bits per heavy atom. The molecule has 19 heavy (non-hydrogen) atoms. The number of rotatable bonds is 4. The first kappa shape index (κ1) is 21.4. The Bertz CT molecular complexity index is 393. The van der Waals surface area contributed by atoms with E-state index < -0.39 is 41.6 Å². The number of ether oxygens (including phenoxy) is 1. The summed E-state index contributed by atoms with van der Waals surface area (Å²) in [6.45, 7) is 3.02. The van der Waals surface area contributed by atoms with Crippen molar-refractivity contribution in [1.82, 2.24) is 0 Å². The van der Waals surface area contributed by atoms with Crippen molar-refractivity contribution in [3.8, 4) is 0 Å². The van der Waals surface area contributed by atoms with Crippen LogP contribution in [0.25, 0.3) is 0 Å². The number of carbonyl (C=O) groups is 2. The maximum Gasteiger partial charge on any atom is 1.00 e. The monoisotopic (exact) mass is 288 g/mol. The summed E-state index contributed by atoms with van der Waals surface area (Å²) in [5, 5.41) is 39.7. The molecule has 0 spiro atoms. The number of aliphatic hydroxyl groups is 2. The van der Waals surface area contributed by atoms with Gasteiger partial charge >= 0.3 is 59.1 Å². The fourth-order valence-electron chi connectivity index (χ4n) is 1.42. The molecule has 0 bridgehead atoms. The Morgan fingerprint density at radius 3 is 2.26 bits per heavy atom. The SMILES string of the molecule is C=C(O[C@@H]1C=C(C(=O)[O-])[C@@H](O)C[C@H]1O)C(=O)[O-].[Na+].[Na+]. The number of carboxylic acid groups (broad SMARTS) is 2. The minimum atomic E-state index is -1.67. The molecular weight excluding hydrogens is 278 g/mol. The molecule has 94 valence electrons. The second-order valence-electron chi connectivity index (χ2n) is 3.52. The topological polar surface area (TPSA) is 130 Å². The fourth-order valence-corrected chi connectivity index (χ4v) is 1.42. The number of carbonyl (C=O) groups excluding carboxylic acids is 2. The second kappa shape index (κ2) is 9.15. The minimum Gasteiger partial charge on any atom is -0.545 e. The van der Waals surface area contributed by atoms with Crippen LogP contribution in [0.1, 0.15) is 6.42 Å². The Hall–Kier alpha value is 0.140. The van der Waals surface area contributed by atoms with E-state index in [0.717, 1.165) is 6.08 Å². The Morgan fingerprint density at radius 1 is 1.32 bits per heavy atom. The molecule has 9 heteroatoms. The van der Waals surface area contributed by atoms with Crippen molar-refractivity contribution in [2.24, 2.45) is 0 Å². The van der Waals surface area contributed by atoms with E-state index in [4.69, 9.17) is 4.74 Å². The van der Waals surface area contributed by atoms with Crippen molar-refractivity contribution < 1.29 is 93.9 Å². The normalized spacial score (nSPS) is 25.2. The first-order valence-corrected chi connectivity index (χ1v) is 4.69. The number of aliphatic hydroxyl groups excluding tert-OH is 2. The predicted molar refractivity (Wildman–Crippen MR) is 48.7 cm³/mol. The van der Waals surface area contributed by atoms with Gasteiger partial charge in [0.15, 0.2) is 0 Å². The summed E-state index contributed by atoms with van der Waals surface area (Å²) in [7, 11) is 0. The van der Waals surface area contributed by atoms with E-state index >= 15 is 0 Å². The Balaban J connectivity index is 0. The quantitative estimate of drug-likeness (QED) is 0.298. The second-order valence-corrected chi connectivity index (χ2v) is 3.52. The van der Waals surface area contributed by atoms with Crippen LogP contribution in [0, 0.1) is 0 Å². The van der Waals surface area contributed by atoms with Gasteiger partial charge < -0.3 is 34.8 Å². The summed E-state index contributed by atoms with van der Waals surface area (Å²) in [4.78, 5) is 21.0. The number of hydrogen-bond donors (Lipinski definition) is 2. The summed E-state index contributed by atoms with van der Waals surface area (Å²) < 4.78 is 4.71. The molecule has 7 nitrogen and oxygen atoms in total. The van der Waals surface area contributed by atoms with Crippen molar-refractivity contribution in [3.63, 3.8) is 0 Å². The van der Waals surface area contributed by atoms with Crippen LogP contribution in [0.3, 0.4) is 0 Å². The summed E-state index contributed by atoms with van der Waals surface area (Å²) in [6, 6.07) is 0. The van der Waals surface area contributed by atoms with Gasteiger partial charge in [-0.2, -0.15) is 0 Å². The van der Waals surface area contributed by atoms with Crippen molar-refractivity contribution in [1.29, 1.82) is 0 Å². The van der Waals surface area contributed by atoms with Gasteiger partial charge in [0.1, 0.15) is 17.8 Å². The van der Waals surface area contributed by atoms with E-state index in [2.05, 4.69) is 6.58 Å². The van der Waals surface area contributed by atoms with Crippen LogP contribution in [0.15, 0.2) is 24.0 Å². The van der Waals surface area contributed by atoms with Gasteiger partial charge in [-0.1, -0.05) is 6.58 Å². The Kier molecular flexibility index (Phi) is 10.3. The third kappa shape index (κ3) is 5.97. The van der Waals surface area contributed by atoms with E-state index in [1.165, 1.54) is 0 Å². The van der Waals surface area contributed by atoms with E-state index in [1.54, 1.807) is 0 Å². The fraction of sp³-hybridized carbons (Fsp3) is 0.400. The molecule has 0 radical (unpaired) electrons. The molecule has 0 heterocycles. The first-order valence-electron chi connectivity index (χ1n) is 4.69. The zero-order valence-corrected chi connectivity index (χ0v) is 14.7. The van der Waals surface area contributed by atoms with Crippen molar-refractivity contribution in [3.05, 3.63) is 24.0 Å². The molecule has 0 aromatic carbocycles. The molecule has 0 saturated carbocycles. The van der Waals surface area contributed by atoms with Crippen LogP contribution in [-0.2, 0) is 14.3 Å². The summed E-state index contributed by atoms with van der Waals surface area (Å²) >= 11 is 0. The van der Waals surface area contributed by atoms with Gasteiger partial charge in [0.25, 0.3) is 0 Å². The van der Waals surface area contributed by atoms with Crippen LogP contribution in [0.4, 0.5) is 0 Å². The largest absolute Gasteiger partial charge is 1.00 e. The van der Waals surface area contributed by atoms with E-state index in [-0.39, 0.29) is 65.5 Å². The zero-order chi connectivity index (χ0) is 13.2. The van der Waals surface area contributed by atoms with Gasteiger partial charge in [0, 0.05) is 12.0 Å². The molecule has 0 amide bonds. The minimum absolute atomic E-state index is 0. The average molecular weight is 288 g/mol. The summed E-state index contributed by atoms with van der Waals surface area (Å²) in [5.41, 5.74) is -0.466. The molecule has 1 aliphatic carbocycles. The molecule has 3 atom stereocenters. The van der Waals surface area contributed by atoms with Crippen LogP contribution < -0.4 is 69.3 Å². The molecular formula is C10H10Na2O7. The van der Waals surface area contributed by atoms with Crippen molar-refractivity contribution >= 4 is 11.9 Å². The molecule has 0 unspecified atom stereocenters. The van der Waals surface area contributed by atoms with Crippen LogP contribution in [-0.4, -0.2) is 40.5 Å². The standard InChI is InChI=1S/C10H12O7.2Na/c1-4(9(13)14)17-8-2-5(10(15)16)6(11)3-7(8)12;;/h2,6-8,11-12H,1,3H2,(H,13,14)(H,15,16);;/q;2*+1/p-2/t6-,7+,8+;;/m0../s1. The first-order chi connectivity index (χ1) is 7.82. The number of carboxylic acids is 2. The molecule has 0 aromatic rings. The van der Waals surface area contributed by atoms with Crippen LogP contribution in [0.5, 0.6) is 0 Å². The summed E-state index contributed by atoms with van der Waals surface area (Å²) in [5.74, 6) is -4.02. The molecule has 0 saturated heterocycles. The smallest absolute Gasteiger partial charge is 0.545 e. The molecule has 1 rings (SSSR count). The number of aliphatic carboxylic acids is 2. The van der Waals surface area contributed by atoms with Crippen LogP contribution in [0.2, 0.25) is 0 Å². The zero-order valence-electron chi connectivity index (χ0n) is 10.7. The third-order valence-electron chi connectivity index (χ3n) is 2.29. The van der Waals surface area contributed by atoms with Gasteiger partial charge in [-0.25, -0.2) is 0 Å². The molecule has 2 N–H and O–H groups in total. The number of hydrogen-bond acceptors (Lipinski definition) is 7. The van der Waals surface area contributed by atoms with Gasteiger partial charge in [-0.3, -0.25) is 0 Å². The predicted octanol–water partition coefficient (Wildman–Crippen LogP) is -9.56. The van der Waals surface area contributed by atoms with E-state index in [1.807, 2.05) is 0 Å². The average Bonchev–Trinajstić information content (AvgIpc) is 2.21. The van der Waals surface area contributed by atoms with Gasteiger partial charge in [-0.05, 0) is 6.08 Å². The molecule has 0 aliphatic heterocycles. The maximum absolute atomic E-state index is 10.6. The third-order valence-corrected chi connectivity index (χ3v) is 2.29. The molecule has 0 fully saturated rings. The Labute approximate surface area is 153 Å². The van der Waals surface area contributed by atoms with Crippen molar-refractivity contribution in [2.45, 2.75) is 24.7 Å². The van der Waals surface area contributed by atoms with E-state index in [9.17, 15) is 30.0 Å². The summed E-state index contributed by atoms with van der Waals surface area (Å²) in [6.07, 6.45) is -3.26.